The predicted molar refractivity (Wildman–Crippen MR) is 53.2 cm³/mol. The van der Waals surface area contributed by atoms with Crippen LogP contribution < -0.4 is 5.32 Å². The molecule has 1 atom stereocenters. The Hall–Kier alpha value is -1.68. The third kappa shape index (κ3) is 3.96. The molecule has 1 unspecified atom stereocenters. The Bertz CT molecular complexity index is 450. The molecule has 1 aromatic carbocycles. The van der Waals surface area contributed by atoms with Gasteiger partial charge in [-0.15, -0.1) is 0 Å². The minimum Gasteiger partial charge on any atom is -0.311 e. The van der Waals surface area contributed by atoms with Gasteiger partial charge in [0.15, 0.2) is 17.6 Å². The van der Waals surface area contributed by atoms with E-state index in [9.17, 15) is 22.0 Å². The molecule has 1 N–H and O–H groups in total. The molecule has 0 saturated heterocycles. The van der Waals surface area contributed by atoms with Gasteiger partial charge >= 0.3 is 6.18 Å². The molecule has 0 radical (unpaired) electrons. The Morgan fingerprint density at radius 2 is 1.89 bits per heavy atom. The van der Waals surface area contributed by atoms with Crippen molar-refractivity contribution in [2.24, 2.45) is 5.92 Å². The van der Waals surface area contributed by atoms with Gasteiger partial charge in [0, 0.05) is 13.1 Å². The molecule has 0 aliphatic carbocycles. The van der Waals surface area contributed by atoms with Crippen LogP contribution in [-0.2, 0) is 6.54 Å². The summed E-state index contributed by atoms with van der Waals surface area (Å²) in [5.41, 5.74) is 0.299. The van der Waals surface area contributed by atoms with Gasteiger partial charge in [0.05, 0.1) is 6.07 Å². The van der Waals surface area contributed by atoms with Crippen LogP contribution in [0.3, 0.4) is 0 Å². The van der Waals surface area contributed by atoms with Gasteiger partial charge in [0.25, 0.3) is 0 Å². The zero-order chi connectivity index (χ0) is 13.8. The zero-order valence-electron chi connectivity index (χ0n) is 9.06. The topological polar surface area (TPSA) is 35.8 Å². The van der Waals surface area contributed by atoms with Crippen LogP contribution in [0.25, 0.3) is 0 Å². The second-order valence-corrected chi connectivity index (χ2v) is 3.60. The quantitative estimate of drug-likeness (QED) is 0.849. The standard InChI is InChI=1S/C11H9F5N2/c12-9-2-1-7(3-10(9)13)5-18-6-8(4-17)11(14,15)16/h1-3,8,18H,5-6H2. The molecule has 0 bridgehead atoms. The monoisotopic (exact) mass is 264 g/mol. The molecular formula is C11H9F5N2. The van der Waals surface area contributed by atoms with E-state index in [1.54, 1.807) is 0 Å². The van der Waals surface area contributed by atoms with Gasteiger partial charge in [0.2, 0.25) is 0 Å². The van der Waals surface area contributed by atoms with E-state index >= 15 is 0 Å². The molecule has 0 saturated carbocycles. The van der Waals surface area contributed by atoms with Crippen molar-refractivity contribution in [3.63, 3.8) is 0 Å². The Kier molecular flexibility index (Phi) is 4.62. The number of nitriles is 1. The molecule has 1 aromatic rings. The number of rotatable bonds is 4. The zero-order valence-corrected chi connectivity index (χ0v) is 9.06. The van der Waals surface area contributed by atoms with Crippen LogP contribution in [0.2, 0.25) is 0 Å². The molecule has 0 fully saturated rings. The van der Waals surface area contributed by atoms with E-state index in [4.69, 9.17) is 5.26 Å². The lowest BCUT2D eigenvalue weighted by Gasteiger charge is -2.13. The van der Waals surface area contributed by atoms with Crippen LogP contribution in [0.4, 0.5) is 22.0 Å². The summed E-state index contributed by atoms with van der Waals surface area (Å²) >= 11 is 0. The fourth-order valence-electron chi connectivity index (χ4n) is 1.25. The fourth-order valence-corrected chi connectivity index (χ4v) is 1.25. The molecule has 18 heavy (non-hydrogen) atoms. The van der Waals surface area contributed by atoms with E-state index in [1.165, 1.54) is 6.07 Å². The van der Waals surface area contributed by atoms with Gasteiger partial charge < -0.3 is 5.32 Å². The summed E-state index contributed by atoms with van der Waals surface area (Å²) in [6.45, 7) is -0.676. The maximum absolute atomic E-state index is 12.8. The minimum atomic E-state index is -4.60. The van der Waals surface area contributed by atoms with E-state index in [0.29, 0.717) is 5.56 Å². The number of halogens is 5. The van der Waals surface area contributed by atoms with E-state index in [2.05, 4.69) is 5.32 Å². The third-order valence-corrected chi connectivity index (χ3v) is 2.21. The highest BCUT2D eigenvalue weighted by atomic mass is 19.4. The van der Waals surface area contributed by atoms with E-state index in [0.717, 1.165) is 18.2 Å². The Balaban J connectivity index is 2.51. The second-order valence-electron chi connectivity index (χ2n) is 3.60. The molecule has 0 spiro atoms. The van der Waals surface area contributed by atoms with Crippen LogP contribution in [0.15, 0.2) is 18.2 Å². The number of nitrogens with zero attached hydrogens (tertiary/aromatic N) is 1. The predicted octanol–water partition coefficient (Wildman–Crippen LogP) is 2.76. The van der Waals surface area contributed by atoms with E-state index < -0.39 is 30.3 Å². The second kappa shape index (κ2) is 5.78. The van der Waals surface area contributed by atoms with Crippen molar-refractivity contribution in [1.82, 2.24) is 5.32 Å². The van der Waals surface area contributed by atoms with Crippen molar-refractivity contribution < 1.29 is 22.0 Å². The number of hydrogen-bond acceptors (Lipinski definition) is 2. The molecule has 2 nitrogen and oxygen atoms in total. The lowest BCUT2D eigenvalue weighted by Crippen LogP contribution is -2.32. The maximum atomic E-state index is 12.8. The first-order valence-electron chi connectivity index (χ1n) is 4.95. The highest BCUT2D eigenvalue weighted by molar-refractivity contribution is 5.17. The number of benzene rings is 1. The number of hydrogen-bond donors (Lipinski definition) is 1. The van der Waals surface area contributed by atoms with Crippen molar-refractivity contribution in [3.8, 4) is 6.07 Å². The number of alkyl halides is 3. The van der Waals surface area contributed by atoms with E-state index in [1.807, 2.05) is 0 Å². The van der Waals surface area contributed by atoms with Gasteiger partial charge in [-0.05, 0) is 17.7 Å². The van der Waals surface area contributed by atoms with Gasteiger partial charge in [-0.1, -0.05) is 6.07 Å². The summed E-state index contributed by atoms with van der Waals surface area (Å²) in [7, 11) is 0. The van der Waals surface area contributed by atoms with Crippen molar-refractivity contribution in [2.45, 2.75) is 12.7 Å². The van der Waals surface area contributed by atoms with Crippen molar-refractivity contribution >= 4 is 0 Å². The first-order chi connectivity index (χ1) is 8.34. The summed E-state index contributed by atoms with van der Waals surface area (Å²) in [5.74, 6) is -4.21. The first-order valence-corrected chi connectivity index (χ1v) is 4.95. The average Bonchev–Trinajstić information content (AvgIpc) is 2.27. The SMILES string of the molecule is N#CC(CNCc1ccc(F)c(F)c1)C(F)(F)F. The normalized spacial score (nSPS) is 13.1. The maximum Gasteiger partial charge on any atom is 0.405 e. The first kappa shape index (κ1) is 14.4. The van der Waals surface area contributed by atoms with Crippen LogP contribution in [0.1, 0.15) is 5.56 Å². The molecule has 0 amide bonds. The van der Waals surface area contributed by atoms with E-state index in [-0.39, 0.29) is 6.54 Å². The Morgan fingerprint density at radius 3 is 2.39 bits per heavy atom. The van der Waals surface area contributed by atoms with Gasteiger partial charge in [-0.25, -0.2) is 8.78 Å². The largest absolute Gasteiger partial charge is 0.405 e. The van der Waals surface area contributed by atoms with Gasteiger partial charge in [-0.2, -0.15) is 18.4 Å². The molecule has 98 valence electrons. The Labute approximate surface area is 100 Å². The number of nitrogens with one attached hydrogen (secondary N) is 1. The Morgan fingerprint density at radius 1 is 1.22 bits per heavy atom. The molecule has 0 aromatic heterocycles. The highest BCUT2D eigenvalue weighted by Crippen LogP contribution is 2.24. The summed E-state index contributed by atoms with van der Waals surface area (Å²) in [5, 5.41) is 10.7. The molecule has 7 heteroatoms. The van der Waals surface area contributed by atoms with Crippen LogP contribution >= 0.6 is 0 Å². The fraction of sp³-hybridized carbons (Fsp3) is 0.364. The smallest absolute Gasteiger partial charge is 0.311 e. The summed E-state index contributed by atoms with van der Waals surface area (Å²) < 4.78 is 61.9. The van der Waals surface area contributed by atoms with Crippen LogP contribution in [0.5, 0.6) is 0 Å². The van der Waals surface area contributed by atoms with Gasteiger partial charge in [0.1, 0.15) is 0 Å². The lowest BCUT2D eigenvalue weighted by atomic mass is 10.1. The molecule has 1 rings (SSSR count). The molecule has 0 heterocycles. The van der Waals surface area contributed by atoms with Crippen molar-refractivity contribution in [2.75, 3.05) is 6.54 Å². The molecular weight excluding hydrogens is 255 g/mol. The minimum absolute atomic E-state index is 0.0779. The molecule has 0 aliphatic rings. The van der Waals surface area contributed by atoms with Crippen molar-refractivity contribution in [3.05, 3.63) is 35.4 Å². The van der Waals surface area contributed by atoms with Crippen LogP contribution in [0, 0.1) is 28.9 Å². The summed E-state index contributed by atoms with van der Waals surface area (Å²) in [6.07, 6.45) is -4.60. The summed E-state index contributed by atoms with van der Waals surface area (Å²) in [6, 6.07) is 4.15. The average molecular weight is 264 g/mol. The molecule has 0 aliphatic heterocycles. The summed E-state index contributed by atoms with van der Waals surface area (Å²) in [4.78, 5) is 0. The highest BCUT2D eigenvalue weighted by Gasteiger charge is 2.39. The van der Waals surface area contributed by atoms with Gasteiger partial charge in [-0.3, -0.25) is 0 Å². The van der Waals surface area contributed by atoms with Crippen molar-refractivity contribution in [1.29, 1.82) is 5.26 Å². The van der Waals surface area contributed by atoms with Crippen LogP contribution in [-0.4, -0.2) is 12.7 Å². The lowest BCUT2D eigenvalue weighted by molar-refractivity contribution is -0.157. The third-order valence-electron chi connectivity index (χ3n) is 2.21.